The molecule has 0 radical (unpaired) electrons. The Bertz CT molecular complexity index is 1380. The molecule has 2 rings (SSSR count). The molecule has 0 heterocycles. The molecule has 348 valence electrons. The number of unbranched alkanes of at least 4 members (excludes halogenated alkanes) is 1. The van der Waals surface area contributed by atoms with Crippen LogP contribution in [0.1, 0.15) is 212 Å². The number of alkyl halides is 1. The van der Waals surface area contributed by atoms with Gasteiger partial charge in [-0.2, -0.15) is 0 Å². The zero-order chi connectivity index (χ0) is 48.0. The van der Waals surface area contributed by atoms with Crippen molar-refractivity contribution in [3.8, 4) is 0 Å². The van der Waals surface area contributed by atoms with Gasteiger partial charge in [0.1, 0.15) is 0 Å². The van der Waals surface area contributed by atoms with Crippen LogP contribution in [0, 0.1) is 30.6 Å². The zero-order valence-electron chi connectivity index (χ0n) is 44.0. The molecule has 2 heteroatoms. The largest absolute Gasteiger partial charge is 0.398 e. The molecule has 1 aliphatic carbocycles. The molecule has 0 aliphatic heterocycles. The summed E-state index contributed by atoms with van der Waals surface area (Å²) in [6.07, 6.45) is 24.7. The van der Waals surface area contributed by atoms with Crippen LogP contribution in [0.4, 0.5) is 4.39 Å². The lowest BCUT2D eigenvalue weighted by Gasteiger charge is -2.36. The maximum Gasteiger partial charge on any atom is 0.0785 e. The van der Waals surface area contributed by atoms with Crippen LogP contribution in [0.25, 0.3) is 5.57 Å². The first-order chi connectivity index (χ1) is 28.0. The molecular weight excluding hydrogens is 730 g/mol. The van der Waals surface area contributed by atoms with Crippen LogP contribution >= 0.6 is 0 Å². The predicted molar refractivity (Wildman–Crippen MR) is 281 cm³/mol. The number of nitrogens with two attached hydrogens (primary N) is 1. The van der Waals surface area contributed by atoms with E-state index in [-0.39, 0.29) is 5.41 Å². The van der Waals surface area contributed by atoms with Gasteiger partial charge in [0.05, 0.1) is 7.18 Å². The fourth-order valence-electron chi connectivity index (χ4n) is 6.77. The maximum atomic E-state index is 9.50. The minimum absolute atomic E-state index is 0.0617. The number of hydrogen-bond donors (Lipinski definition) is 1. The van der Waals surface area contributed by atoms with Gasteiger partial charge in [-0.3, -0.25) is 4.39 Å². The summed E-state index contributed by atoms with van der Waals surface area (Å²) >= 11 is 0. The SMILES string of the molecule is C=C(/C=C(/N)C(C)=C(C)C)c1ccc(C(CC)(CCC)C(=C)C)c(C)c1.C=C(C)C.C=C/C=C(C)\C=C/C.CC(C)C.CCC.CCCCC(C)CCC1CC(C)C1.CF. The fourth-order valence-corrected chi connectivity index (χ4v) is 6.77. The van der Waals surface area contributed by atoms with Gasteiger partial charge in [-0.25, -0.2) is 0 Å². The molecule has 60 heavy (non-hydrogen) atoms. The van der Waals surface area contributed by atoms with Crippen LogP contribution < -0.4 is 5.73 Å². The van der Waals surface area contributed by atoms with Gasteiger partial charge in [0, 0.05) is 11.1 Å². The molecule has 0 spiro atoms. The van der Waals surface area contributed by atoms with Crippen molar-refractivity contribution in [1.29, 1.82) is 0 Å². The second-order valence-corrected chi connectivity index (χ2v) is 18.3. The zero-order valence-corrected chi connectivity index (χ0v) is 44.0. The van der Waals surface area contributed by atoms with Crippen molar-refractivity contribution < 1.29 is 4.39 Å². The Kier molecular flexibility index (Phi) is 45.3. The minimum atomic E-state index is 0.0617. The standard InChI is InChI=1S/C25H37N.C13H26.C8H12.C4H10.C4H8.C3H8.CH3F/c1-10-14-25(11-2,18(5)6)23-13-12-22(15-20(23)8)19(7)16-24(26)21(9)17(3)4;1-4-5-6-11(2)7-8-13-9-12(3)10-13;1-4-6-8(3)7-5-2;2*1-4(2)3;1-3-2;1-2/h12-13,15-16H,5,7,10-11,14,26H2,1-4,6,8-9H3;11-13H,4-10H2,1-3H3;4-7H,1H2,2-3H3;4H,1-3H3;1H2,2-3H3;3H2,1-2H3;1H3/b24-16+;;7-5-,8-6-;;;;. The van der Waals surface area contributed by atoms with E-state index in [4.69, 9.17) is 5.73 Å². The van der Waals surface area contributed by atoms with Gasteiger partial charge in [-0.15, -0.1) is 6.58 Å². The third-order valence-electron chi connectivity index (χ3n) is 10.1. The molecule has 1 fully saturated rings. The monoisotopic (exact) mass is 834 g/mol. The molecule has 2 unspecified atom stereocenters. The molecule has 1 aliphatic rings. The van der Waals surface area contributed by atoms with E-state index in [1.54, 1.807) is 6.08 Å². The Morgan fingerprint density at radius 1 is 0.883 bits per heavy atom. The summed E-state index contributed by atoms with van der Waals surface area (Å²) in [5, 5.41) is 0. The first kappa shape index (κ1) is 66.0. The van der Waals surface area contributed by atoms with Crippen LogP contribution in [-0.4, -0.2) is 7.18 Å². The first-order valence-electron chi connectivity index (χ1n) is 23.5. The van der Waals surface area contributed by atoms with Gasteiger partial charge in [0.25, 0.3) is 0 Å². The molecule has 0 bridgehead atoms. The van der Waals surface area contributed by atoms with E-state index in [0.29, 0.717) is 7.18 Å². The van der Waals surface area contributed by atoms with Gasteiger partial charge in [-0.1, -0.05) is 199 Å². The molecular formula is C58H104FN. The lowest BCUT2D eigenvalue weighted by atomic mass is 9.68. The molecule has 0 aromatic heterocycles. The van der Waals surface area contributed by atoms with Crippen molar-refractivity contribution in [3.63, 3.8) is 0 Å². The third kappa shape index (κ3) is 34.6. The first-order valence-corrected chi connectivity index (χ1v) is 23.5. The summed E-state index contributed by atoms with van der Waals surface area (Å²) in [6.45, 7) is 56.6. The average molecular weight is 834 g/mol. The van der Waals surface area contributed by atoms with Gasteiger partial charge in [0.2, 0.25) is 0 Å². The maximum absolute atomic E-state index is 9.50. The summed E-state index contributed by atoms with van der Waals surface area (Å²) in [7, 11) is 0.500. The van der Waals surface area contributed by atoms with Crippen LogP contribution in [-0.2, 0) is 5.41 Å². The van der Waals surface area contributed by atoms with Gasteiger partial charge in [-0.05, 0) is 146 Å². The van der Waals surface area contributed by atoms with Gasteiger partial charge < -0.3 is 5.73 Å². The molecule has 1 aromatic rings. The number of allylic oxidation sites excluding steroid dienone is 11. The van der Waals surface area contributed by atoms with Crippen molar-refractivity contribution in [3.05, 3.63) is 125 Å². The molecule has 0 amide bonds. The second-order valence-electron chi connectivity index (χ2n) is 18.3. The quantitative estimate of drug-likeness (QED) is 0.130. The number of hydrogen-bond acceptors (Lipinski definition) is 1. The number of aryl methyl sites for hydroxylation is 1. The minimum Gasteiger partial charge on any atom is -0.398 e. The van der Waals surface area contributed by atoms with E-state index in [9.17, 15) is 4.39 Å². The summed E-state index contributed by atoms with van der Waals surface area (Å²) in [4.78, 5) is 0. The van der Waals surface area contributed by atoms with Gasteiger partial charge in [0.15, 0.2) is 0 Å². The smallest absolute Gasteiger partial charge is 0.0785 e. The molecule has 1 saturated carbocycles. The van der Waals surface area contributed by atoms with E-state index in [0.717, 1.165) is 65.3 Å². The predicted octanol–water partition coefficient (Wildman–Crippen LogP) is 19.8. The highest BCUT2D eigenvalue weighted by molar-refractivity contribution is 5.74. The van der Waals surface area contributed by atoms with Gasteiger partial charge >= 0.3 is 0 Å². The highest BCUT2D eigenvalue weighted by atomic mass is 19.1. The van der Waals surface area contributed by atoms with E-state index < -0.39 is 0 Å². The van der Waals surface area contributed by atoms with Crippen molar-refractivity contribution in [2.75, 3.05) is 7.18 Å². The topological polar surface area (TPSA) is 26.0 Å². The van der Waals surface area contributed by atoms with Crippen molar-refractivity contribution in [2.45, 2.75) is 208 Å². The molecule has 1 aromatic carbocycles. The Morgan fingerprint density at radius 2 is 1.38 bits per heavy atom. The lowest BCUT2D eigenvalue weighted by Crippen LogP contribution is -2.27. The van der Waals surface area contributed by atoms with E-state index in [1.807, 2.05) is 52.0 Å². The molecule has 2 atom stereocenters. The highest BCUT2D eigenvalue weighted by Crippen LogP contribution is 2.41. The summed E-state index contributed by atoms with van der Waals surface area (Å²) in [5.74, 6) is 3.95. The Morgan fingerprint density at radius 3 is 1.73 bits per heavy atom. The number of benzene rings is 1. The number of halogens is 1. The lowest BCUT2D eigenvalue weighted by molar-refractivity contribution is 0.187. The van der Waals surface area contributed by atoms with Crippen LogP contribution in [0.2, 0.25) is 0 Å². The normalized spacial score (nSPS) is 15.6. The van der Waals surface area contributed by atoms with E-state index in [1.165, 1.54) is 84.8 Å². The van der Waals surface area contributed by atoms with Crippen molar-refractivity contribution in [2.24, 2.45) is 29.4 Å². The summed E-state index contributed by atoms with van der Waals surface area (Å²) in [5.41, 5.74) is 17.8. The average Bonchev–Trinajstić information content (AvgIpc) is 3.15. The van der Waals surface area contributed by atoms with Crippen LogP contribution in [0.3, 0.4) is 0 Å². The van der Waals surface area contributed by atoms with E-state index in [2.05, 4.69) is 148 Å². The van der Waals surface area contributed by atoms with Crippen LogP contribution in [0.5, 0.6) is 0 Å². The Labute approximate surface area is 377 Å². The van der Waals surface area contributed by atoms with E-state index >= 15 is 0 Å². The van der Waals surface area contributed by atoms with Crippen molar-refractivity contribution in [1.82, 2.24) is 0 Å². The summed E-state index contributed by atoms with van der Waals surface area (Å²) < 4.78 is 9.50. The molecule has 1 nitrogen and oxygen atoms in total. The highest BCUT2D eigenvalue weighted by Gasteiger charge is 2.31. The molecule has 0 saturated heterocycles. The Hall–Kier alpha value is -3.13. The molecule has 2 N–H and O–H groups in total. The van der Waals surface area contributed by atoms with Crippen LogP contribution in [0.15, 0.2) is 108 Å². The fraction of sp³-hybridized carbons (Fsp3) is 0.621. The van der Waals surface area contributed by atoms with Crippen molar-refractivity contribution >= 4 is 5.57 Å². The number of rotatable bonds is 16. The third-order valence-corrected chi connectivity index (χ3v) is 10.1. The Balaban J connectivity index is -0.000000245. The summed E-state index contributed by atoms with van der Waals surface area (Å²) in [6, 6.07) is 6.68. The second kappa shape index (κ2) is 41.2.